The molecule has 7 heteroatoms. The lowest BCUT2D eigenvalue weighted by atomic mass is 10.1. The van der Waals surface area contributed by atoms with E-state index in [-0.39, 0.29) is 6.54 Å². The van der Waals surface area contributed by atoms with E-state index in [0.29, 0.717) is 16.9 Å². The molecule has 0 aliphatic rings. The van der Waals surface area contributed by atoms with Gasteiger partial charge in [0, 0.05) is 9.86 Å². The number of benzene rings is 1. The maximum atomic E-state index is 11.9. The zero-order valence-electron chi connectivity index (χ0n) is 14.3. The summed E-state index contributed by atoms with van der Waals surface area (Å²) in [6.07, 6.45) is -0.533. The fourth-order valence-corrected chi connectivity index (χ4v) is 2.61. The summed E-state index contributed by atoms with van der Waals surface area (Å²) in [4.78, 5) is 23.7. The Morgan fingerprint density at radius 2 is 1.96 bits per heavy atom. The van der Waals surface area contributed by atoms with Crippen molar-refractivity contribution in [1.29, 1.82) is 0 Å². The molecule has 0 spiro atoms. The highest BCUT2D eigenvalue weighted by Crippen LogP contribution is 2.32. The van der Waals surface area contributed by atoms with Gasteiger partial charge >= 0.3 is 12.1 Å². The lowest BCUT2D eigenvalue weighted by Crippen LogP contribution is -2.32. The average Bonchev–Trinajstić information content (AvgIpc) is 2.91. The molecule has 1 aromatic carbocycles. The lowest BCUT2D eigenvalue weighted by molar-refractivity contribution is 0.0518. The Hall–Kier alpha value is -2.02. The Kier molecular flexibility index (Phi) is 5.22. The Morgan fingerprint density at radius 1 is 1.29 bits per heavy atom. The van der Waals surface area contributed by atoms with Crippen molar-refractivity contribution in [3.05, 3.63) is 33.5 Å². The molecule has 0 fully saturated rings. The van der Waals surface area contributed by atoms with Gasteiger partial charge in [-0.1, -0.05) is 15.9 Å². The van der Waals surface area contributed by atoms with Crippen LogP contribution in [-0.2, 0) is 16.0 Å². The van der Waals surface area contributed by atoms with Crippen molar-refractivity contribution in [2.24, 2.45) is 0 Å². The van der Waals surface area contributed by atoms with Crippen LogP contribution in [0.4, 0.5) is 4.79 Å². The van der Waals surface area contributed by atoms with Crippen molar-refractivity contribution in [2.45, 2.75) is 39.8 Å². The number of hydrogen-bond donors (Lipinski definition) is 1. The highest BCUT2D eigenvalue weighted by molar-refractivity contribution is 9.10. The van der Waals surface area contributed by atoms with Crippen LogP contribution in [-0.4, -0.2) is 24.8 Å². The molecule has 0 saturated heterocycles. The number of nitrogens with one attached hydrogen (secondary N) is 1. The number of carbonyl (C=O) groups is 2. The van der Waals surface area contributed by atoms with E-state index in [0.717, 1.165) is 15.4 Å². The highest BCUT2D eigenvalue weighted by Gasteiger charge is 2.20. The van der Waals surface area contributed by atoms with Gasteiger partial charge < -0.3 is 19.2 Å². The predicted octanol–water partition coefficient (Wildman–Crippen LogP) is 4.32. The molecule has 0 aliphatic heterocycles. The minimum atomic E-state index is -0.572. The Bertz CT molecular complexity index is 788. The molecule has 130 valence electrons. The van der Waals surface area contributed by atoms with Gasteiger partial charge in [-0.2, -0.15) is 0 Å². The molecule has 6 nitrogen and oxygen atoms in total. The van der Waals surface area contributed by atoms with Crippen molar-refractivity contribution in [1.82, 2.24) is 5.32 Å². The second-order valence-corrected chi connectivity index (χ2v) is 7.19. The Balaban J connectivity index is 2.29. The number of methoxy groups -OCH3 is 1. The van der Waals surface area contributed by atoms with Gasteiger partial charge in [0.1, 0.15) is 22.5 Å². The molecule has 0 saturated carbocycles. The molecule has 1 amide bonds. The molecule has 0 aliphatic carbocycles. The number of esters is 1. The number of furan rings is 1. The number of aryl methyl sites for hydroxylation is 1. The molecule has 1 heterocycles. The van der Waals surface area contributed by atoms with Crippen LogP contribution in [0.1, 0.15) is 42.5 Å². The predicted molar refractivity (Wildman–Crippen MR) is 93.1 cm³/mol. The largest absolute Gasteiger partial charge is 0.465 e. The summed E-state index contributed by atoms with van der Waals surface area (Å²) in [7, 11) is 1.32. The van der Waals surface area contributed by atoms with Gasteiger partial charge in [0.05, 0.1) is 13.7 Å². The van der Waals surface area contributed by atoms with Crippen LogP contribution in [0.3, 0.4) is 0 Å². The summed E-state index contributed by atoms with van der Waals surface area (Å²) in [5, 5.41) is 3.41. The number of rotatable bonds is 3. The third-order valence-electron chi connectivity index (χ3n) is 3.27. The van der Waals surface area contributed by atoms with Gasteiger partial charge in [-0.3, -0.25) is 0 Å². The average molecular weight is 398 g/mol. The van der Waals surface area contributed by atoms with Gasteiger partial charge in [-0.05, 0) is 45.4 Å². The smallest absolute Gasteiger partial charge is 0.408 e. The molecule has 0 bridgehead atoms. The van der Waals surface area contributed by atoms with Crippen molar-refractivity contribution in [2.75, 3.05) is 7.11 Å². The minimum absolute atomic E-state index is 0.154. The molecule has 1 N–H and O–H groups in total. The van der Waals surface area contributed by atoms with E-state index in [2.05, 4.69) is 21.2 Å². The van der Waals surface area contributed by atoms with E-state index in [9.17, 15) is 9.59 Å². The number of halogens is 1. The fraction of sp³-hybridized carbons (Fsp3) is 0.412. The Labute approximate surface area is 148 Å². The summed E-state index contributed by atoms with van der Waals surface area (Å²) in [5.41, 5.74) is 1.12. The van der Waals surface area contributed by atoms with Gasteiger partial charge in [-0.15, -0.1) is 0 Å². The number of hydrogen-bond acceptors (Lipinski definition) is 5. The molecule has 2 rings (SSSR count). The normalized spacial score (nSPS) is 11.4. The first-order valence-electron chi connectivity index (χ1n) is 7.39. The summed E-state index contributed by atoms with van der Waals surface area (Å²) in [5.74, 6) is 0.0314. The summed E-state index contributed by atoms with van der Waals surface area (Å²) >= 11 is 3.43. The van der Waals surface area contributed by atoms with Crippen LogP contribution in [0.5, 0.6) is 0 Å². The molecule has 24 heavy (non-hydrogen) atoms. The molecular weight excluding hydrogens is 378 g/mol. The topological polar surface area (TPSA) is 77.8 Å². The van der Waals surface area contributed by atoms with Crippen LogP contribution in [0.2, 0.25) is 0 Å². The molecule has 0 unspecified atom stereocenters. The lowest BCUT2D eigenvalue weighted by Gasteiger charge is -2.19. The zero-order valence-corrected chi connectivity index (χ0v) is 15.9. The van der Waals surface area contributed by atoms with Gasteiger partial charge in [-0.25, -0.2) is 9.59 Å². The van der Waals surface area contributed by atoms with E-state index in [4.69, 9.17) is 13.9 Å². The third-order valence-corrected chi connectivity index (χ3v) is 4.10. The summed E-state index contributed by atoms with van der Waals surface area (Å²) in [6, 6.07) is 3.46. The zero-order chi connectivity index (χ0) is 18.1. The van der Waals surface area contributed by atoms with Crippen LogP contribution < -0.4 is 5.32 Å². The number of amides is 1. The second-order valence-electron chi connectivity index (χ2n) is 6.33. The van der Waals surface area contributed by atoms with Crippen molar-refractivity contribution in [3.63, 3.8) is 0 Å². The minimum Gasteiger partial charge on any atom is -0.465 e. The van der Waals surface area contributed by atoms with Gasteiger partial charge in [0.2, 0.25) is 0 Å². The maximum Gasteiger partial charge on any atom is 0.408 e. The van der Waals surface area contributed by atoms with Gasteiger partial charge in [0.25, 0.3) is 0 Å². The van der Waals surface area contributed by atoms with E-state index in [1.165, 1.54) is 7.11 Å². The molecular formula is C17H20BrNO5. The summed E-state index contributed by atoms with van der Waals surface area (Å²) in [6.45, 7) is 7.43. The van der Waals surface area contributed by atoms with E-state index in [1.54, 1.807) is 32.9 Å². The number of ether oxygens (including phenoxy) is 2. The van der Waals surface area contributed by atoms with Crippen molar-refractivity contribution < 1.29 is 23.5 Å². The standard InChI is InChI=1S/C17H20BrNO5/c1-9-11-6-10(8-19-16(21)24-17(2,3)4)23-14(11)12(7-13(9)18)15(20)22-5/h6-7H,8H2,1-5H3,(H,19,21). The molecule has 2 aromatic rings. The SMILES string of the molecule is COC(=O)c1cc(Br)c(C)c2cc(CNC(=O)OC(C)(C)C)oc12. The van der Waals surface area contributed by atoms with E-state index < -0.39 is 17.7 Å². The third kappa shape index (κ3) is 4.08. The van der Waals surface area contributed by atoms with Crippen molar-refractivity contribution in [3.8, 4) is 0 Å². The second kappa shape index (κ2) is 6.84. The number of carbonyl (C=O) groups excluding carboxylic acids is 2. The molecule has 0 atom stereocenters. The number of fused-ring (bicyclic) bond motifs is 1. The maximum absolute atomic E-state index is 11.9. The van der Waals surface area contributed by atoms with E-state index >= 15 is 0 Å². The molecule has 0 radical (unpaired) electrons. The Morgan fingerprint density at radius 3 is 2.54 bits per heavy atom. The van der Waals surface area contributed by atoms with Crippen LogP contribution in [0.15, 0.2) is 21.0 Å². The first kappa shape index (κ1) is 18.3. The summed E-state index contributed by atoms with van der Waals surface area (Å²) < 4.78 is 16.5. The highest BCUT2D eigenvalue weighted by atomic mass is 79.9. The van der Waals surface area contributed by atoms with Gasteiger partial charge in [0.15, 0.2) is 0 Å². The van der Waals surface area contributed by atoms with Crippen molar-refractivity contribution >= 4 is 39.0 Å². The van der Waals surface area contributed by atoms with Crippen LogP contribution in [0, 0.1) is 6.92 Å². The monoisotopic (exact) mass is 397 g/mol. The molecule has 1 aromatic heterocycles. The van der Waals surface area contributed by atoms with Crippen LogP contribution in [0.25, 0.3) is 11.0 Å². The fourth-order valence-electron chi connectivity index (χ4n) is 2.17. The van der Waals surface area contributed by atoms with Crippen LogP contribution >= 0.6 is 15.9 Å². The van der Waals surface area contributed by atoms with E-state index in [1.807, 2.05) is 6.92 Å². The quantitative estimate of drug-likeness (QED) is 0.780. The first-order valence-corrected chi connectivity index (χ1v) is 8.18. The number of alkyl carbamates (subject to hydrolysis) is 1. The first-order chi connectivity index (χ1) is 11.1.